The highest BCUT2D eigenvalue weighted by Gasteiger charge is 2.18. The molecule has 9 heteroatoms. The minimum Gasteiger partial charge on any atom is -0.482 e. The van der Waals surface area contributed by atoms with E-state index >= 15 is 0 Å². The lowest BCUT2D eigenvalue weighted by atomic mass is 10.1. The molecule has 0 fully saturated rings. The minimum absolute atomic E-state index is 0.0457. The molecule has 0 spiro atoms. The van der Waals surface area contributed by atoms with Crippen LogP contribution in [0.2, 0.25) is 0 Å². The van der Waals surface area contributed by atoms with Crippen molar-refractivity contribution in [3.63, 3.8) is 0 Å². The van der Waals surface area contributed by atoms with Crippen molar-refractivity contribution >= 4 is 38.9 Å². The number of carbonyl (C=O) groups excluding carboxylic acids is 2. The number of fused-ring (bicyclic) bond motifs is 1. The van der Waals surface area contributed by atoms with Gasteiger partial charge >= 0.3 is 0 Å². The van der Waals surface area contributed by atoms with Gasteiger partial charge in [0.25, 0.3) is 11.8 Å². The van der Waals surface area contributed by atoms with Crippen LogP contribution in [0.3, 0.4) is 0 Å². The van der Waals surface area contributed by atoms with Gasteiger partial charge in [-0.25, -0.2) is 8.42 Å². The Balaban J connectivity index is 1.68. The van der Waals surface area contributed by atoms with E-state index in [0.29, 0.717) is 34.8 Å². The molecule has 1 aliphatic rings. The quantitative estimate of drug-likeness (QED) is 0.702. The molecular weight excluding hydrogens is 370 g/mol. The van der Waals surface area contributed by atoms with Crippen LogP contribution in [0.5, 0.6) is 5.75 Å². The number of anilines is 3. The molecule has 0 aliphatic carbocycles. The summed E-state index contributed by atoms with van der Waals surface area (Å²) in [6, 6.07) is 11.1. The van der Waals surface area contributed by atoms with Crippen molar-refractivity contribution in [3.05, 3.63) is 48.0 Å². The average Bonchev–Trinajstić information content (AvgIpc) is 2.62. The Morgan fingerprint density at radius 2 is 1.85 bits per heavy atom. The van der Waals surface area contributed by atoms with Crippen molar-refractivity contribution in [2.45, 2.75) is 13.3 Å². The highest BCUT2D eigenvalue weighted by atomic mass is 32.2. The molecule has 0 atom stereocenters. The van der Waals surface area contributed by atoms with Gasteiger partial charge in [0.1, 0.15) is 5.75 Å². The summed E-state index contributed by atoms with van der Waals surface area (Å²) in [4.78, 5) is 23.8. The lowest BCUT2D eigenvalue weighted by molar-refractivity contribution is -0.118. The molecular formula is C18H19N3O5S. The third kappa shape index (κ3) is 4.76. The van der Waals surface area contributed by atoms with Gasteiger partial charge in [0.15, 0.2) is 6.61 Å². The summed E-state index contributed by atoms with van der Waals surface area (Å²) in [7, 11) is -3.36. The fraction of sp³-hybridized carbons (Fsp3) is 0.222. The summed E-state index contributed by atoms with van der Waals surface area (Å²) in [6.45, 7) is 1.74. The zero-order valence-corrected chi connectivity index (χ0v) is 15.4. The number of sulfonamides is 1. The van der Waals surface area contributed by atoms with E-state index in [1.54, 1.807) is 43.3 Å². The summed E-state index contributed by atoms with van der Waals surface area (Å²) in [5.41, 5.74) is 1.73. The average molecular weight is 389 g/mol. The number of nitrogens with one attached hydrogen (secondary N) is 3. The fourth-order valence-electron chi connectivity index (χ4n) is 2.55. The molecule has 3 rings (SSSR count). The smallest absolute Gasteiger partial charge is 0.262 e. The highest BCUT2D eigenvalue weighted by molar-refractivity contribution is 7.92. The van der Waals surface area contributed by atoms with Gasteiger partial charge in [0.05, 0.1) is 11.4 Å². The molecule has 0 aromatic heterocycles. The second-order valence-electron chi connectivity index (χ2n) is 6.00. The van der Waals surface area contributed by atoms with Crippen molar-refractivity contribution in [1.29, 1.82) is 0 Å². The molecule has 1 heterocycles. The SMILES string of the molecule is CCCS(=O)(=O)Nc1ccc(NC(=O)c2ccc3c(c2)NC(=O)CO3)cc1. The van der Waals surface area contributed by atoms with Crippen molar-refractivity contribution in [2.24, 2.45) is 0 Å². The first-order valence-corrected chi connectivity index (χ1v) is 10.00. The van der Waals surface area contributed by atoms with E-state index in [2.05, 4.69) is 15.4 Å². The summed E-state index contributed by atoms with van der Waals surface area (Å²) < 4.78 is 31.3. The van der Waals surface area contributed by atoms with E-state index in [1.165, 1.54) is 6.07 Å². The van der Waals surface area contributed by atoms with Gasteiger partial charge < -0.3 is 15.4 Å². The molecule has 27 heavy (non-hydrogen) atoms. The standard InChI is InChI=1S/C18H19N3O5S/c1-2-9-27(24,25)21-14-6-4-13(5-7-14)19-18(23)12-3-8-16-15(10-12)20-17(22)11-26-16/h3-8,10,21H,2,9,11H2,1H3,(H,19,23)(H,20,22). The molecule has 3 N–H and O–H groups in total. The van der Waals surface area contributed by atoms with Gasteiger partial charge in [-0.15, -0.1) is 0 Å². The van der Waals surface area contributed by atoms with E-state index in [9.17, 15) is 18.0 Å². The molecule has 0 radical (unpaired) electrons. The zero-order chi connectivity index (χ0) is 19.4. The topological polar surface area (TPSA) is 114 Å². The first-order valence-electron chi connectivity index (χ1n) is 8.35. The monoisotopic (exact) mass is 389 g/mol. The lowest BCUT2D eigenvalue weighted by Crippen LogP contribution is -2.25. The number of rotatable bonds is 6. The Labute approximate surface area is 157 Å². The molecule has 1 aliphatic heterocycles. The lowest BCUT2D eigenvalue weighted by Gasteiger charge is -2.18. The number of hydrogen-bond donors (Lipinski definition) is 3. The van der Waals surface area contributed by atoms with Gasteiger partial charge in [0, 0.05) is 16.9 Å². The first-order chi connectivity index (χ1) is 12.9. The molecule has 0 unspecified atom stereocenters. The first kappa shape index (κ1) is 18.7. The molecule has 8 nitrogen and oxygen atoms in total. The molecule has 2 amide bonds. The molecule has 2 aromatic carbocycles. The van der Waals surface area contributed by atoms with Crippen LogP contribution in [0.4, 0.5) is 17.1 Å². The normalized spacial score (nSPS) is 13.1. The summed E-state index contributed by atoms with van der Waals surface area (Å²) in [5, 5.41) is 5.37. The van der Waals surface area contributed by atoms with Crippen LogP contribution in [-0.2, 0) is 14.8 Å². The molecule has 0 saturated heterocycles. The zero-order valence-electron chi connectivity index (χ0n) is 14.6. The van der Waals surface area contributed by atoms with Crippen molar-refractivity contribution in [2.75, 3.05) is 27.7 Å². The van der Waals surface area contributed by atoms with Crippen molar-refractivity contribution in [3.8, 4) is 5.75 Å². The van der Waals surface area contributed by atoms with E-state index < -0.39 is 10.0 Å². The summed E-state index contributed by atoms with van der Waals surface area (Å²) >= 11 is 0. The van der Waals surface area contributed by atoms with Crippen LogP contribution < -0.4 is 20.1 Å². The Morgan fingerprint density at radius 1 is 1.15 bits per heavy atom. The van der Waals surface area contributed by atoms with Crippen molar-refractivity contribution < 1.29 is 22.7 Å². The highest BCUT2D eigenvalue weighted by Crippen LogP contribution is 2.28. The number of amides is 2. The molecule has 142 valence electrons. The molecule has 2 aromatic rings. The largest absolute Gasteiger partial charge is 0.482 e. The van der Waals surface area contributed by atoms with Crippen LogP contribution in [-0.4, -0.2) is 32.6 Å². The Morgan fingerprint density at radius 3 is 2.56 bits per heavy atom. The van der Waals surface area contributed by atoms with Gasteiger partial charge in [-0.1, -0.05) is 6.92 Å². The maximum Gasteiger partial charge on any atom is 0.262 e. The van der Waals surface area contributed by atoms with Gasteiger partial charge in [0.2, 0.25) is 10.0 Å². The fourth-order valence-corrected chi connectivity index (χ4v) is 3.68. The van der Waals surface area contributed by atoms with E-state index in [1.807, 2.05) is 0 Å². The maximum absolute atomic E-state index is 12.4. The maximum atomic E-state index is 12.4. The van der Waals surface area contributed by atoms with Crippen LogP contribution >= 0.6 is 0 Å². The van der Waals surface area contributed by atoms with Crippen LogP contribution in [0, 0.1) is 0 Å². The van der Waals surface area contributed by atoms with E-state index in [4.69, 9.17) is 4.74 Å². The number of benzene rings is 2. The van der Waals surface area contributed by atoms with Crippen LogP contribution in [0.1, 0.15) is 23.7 Å². The predicted molar refractivity (Wildman–Crippen MR) is 103 cm³/mol. The van der Waals surface area contributed by atoms with Crippen molar-refractivity contribution in [1.82, 2.24) is 0 Å². The number of hydrogen-bond acceptors (Lipinski definition) is 5. The van der Waals surface area contributed by atoms with Crippen LogP contribution in [0.25, 0.3) is 0 Å². The third-order valence-electron chi connectivity index (χ3n) is 3.76. The second-order valence-corrected chi connectivity index (χ2v) is 7.84. The summed E-state index contributed by atoms with van der Waals surface area (Å²) in [5.74, 6) is -0.0858. The molecule has 0 bridgehead atoms. The second kappa shape index (κ2) is 7.67. The predicted octanol–water partition coefficient (Wildman–Crippen LogP) is 2.42. The van der Waals surface area contributed by atoms with Gasteiger partial charge in [-0.2, -0.15) is 0 Å². The van der Waals surface area contributed by atoms with Crippen LogP contribution in [0.15, 0.2) is 42.5 Å². The van der Waals surface area contributed by atoms with Gasteiger partial charge in [-0.05, 0) is 48.9 Å². The molecule has 0 saturated carbocycles. The Hall–Kier alpha value is -3.07. The van der Waals surface area contributed by atoms with E-state index in [-0.39, 0.29) is 24.2 Å². The third-order valence-corrected chi connectivity index (χ3v) is 5.26. The van der Waals surface area contributed by atoms with Gasteiger partial charge in [-0.3, -0.25) is 14.3 Å². The minimum atomic E-state index is -3.36. The Kier molecular flexibility index (Phi) is 5.31. The number of ether oxygens (including phenoxy) is 1. The Bertz CT molecular complexity index is 971. The number of carbonyl (C=O) groups is 2. The van der Waals surface area contributed by atoms with E-state index in [0.717, 1.165) is 0 Å². The summed E-state index contributed by atoms with van der Waals surface area (Å²) in [6.07, 6.45) is 0.524.